The molecule has 2 N–H and O–H groups in total. The first-order valence-corrected chi connectivity index (χ1v) is 8.69. The molecule has 6 nitrogen and oxygen atoms in total. The predicted octanol–water partition coefficient (Wildman–Crippen LogP) is 3.00. The fourth-order valence-electron chi connectivity index (χ4n) is 3.06. The van der Waals surface area contributed by atoms with Gasteiger partial charge in [0.2, 0.25) is 5.88 Å². The summed E-state index contributed by atoms with van der Waals surface area (Å²) in [4.78, 5) is 31.2. The monoisotopic (exact) mass is 381 g/mol. The number of aliphatic imine (C=N–C) groups is 1. The maximum atomic E-state index is 13.3. The van der Waals surface area contributed by atoms with E-state index in [2.05, 4.69) is 9.98 Å². The van der Waals surface area contributed by atoms with Gasteiger partial charge in [-0.15, -0.1) is 0 Å². The van der Waals surface area contributed by atoms with E-state index >= 15 is 0 Å². The maximum Gasteiger partial charge on any atom is 0.335 e. The lowest BCUT2D eigenvalue weighted by Crippen LogP contribution is -2.33. The summed E-state index contributed by atoms with van der Waals surface area (Å²) < 4.78 is 14.4. The molecule has 0 aliphatic heterocycles. The second-order valence-corrected chi connectivity index (χ2v) is 6.61. The molecule has 0 amide bonds. The van der Waals surface area contributed by atoms with E-state index in [9.17, 15) is 19.1 Å². The molecular formula is C21H20FN3O3. The van der Waals surface area contributed by atoms with E-state index in [0.29, 0.717) is 11.3 Å². The summed E-state index contributed by atoms with van der Waals surface area (Å²) in [5.74, 6) is -0.865. The average Bonchev–Trinajstić information content (AvgIpc) is 2.61. The number of aryl methyl sites for hydroxylation is 2. The van der Waals surface area contributed by atoms with Gasteiger partial charge in [-0.2, -0.15) is 0 Å². The number of H-pyrrole nitrogens is 1. The summed E-state index contributed by atoms with van der Waals surface area (Å²) in [5.41, 5.74) is 1.52. The van der Waals surface area contributed by atoms with Crippen molar-refractivity contribution in [2.45, 2.75) is 27.3 Å². The highest BCUT2D eigenvalue weighted by Crippen LogP contribution is 2.21. The third-order valence-corrected chi connectivity index (χ3v) is 4.43. The highest BCUT2D eigenvalue weighted by Gasteiger charge is 2.18. The summed E-state index contributed by atoms with van der Waals surface area (Å²) in [7, 11) is 0. The van der Waals surface area contributed by atoms with Gasteiger partial charge in [0.25, 0.3) is 5.56 Å². The van der Waals surface area contributed by atoms with Gasteiger partial charge in [0.15, 0.2) is 0 Å². The van der Waals surface area contributed by atoms with Crippen molar-refractivity contribution < 1.29 is 9.50 Å². The largest absolute Gasteiger partial charge is 0.493 e. The van der Waals surface area contributed by atoms with Crippen molar-refractivity contribution in [2.24, 2.45) is 4.99 Å². The number of rotatable bonds is 4. The smallest absolute Gasteiger partial charge is 0.335 e. The van der Waals surface area contributed by atoms with Crippen LogP contribution in [0, 0.1) is 19.7 Å². The molecule has 0 fully saturated rings. The molecule has 28 heavy (non-hydrogen) atoms. The molecule has 0 aliphatic rings. The molecule has 0 unspecified atom stereocenters. The lowest BCUT2D eigenvalue weighted by Gasteiger charge is -2.14. The summed E-state index contributed by atoms with van der Waals surface area (Å²) >= 11 is 0. The number of aromatic nitrogens is 2. The number of benzene rings is 2. The average molecular weight is 381 g/mol. The molecule has 144 valence electrons. The highest BCUT2D eigenvalue weighted by atomic mass is 19.1. The Morgan fingerprint density at radius 2 is 1.93 bits per heavy atom. The molecule has 0 radical (unpaired) electrons. The summed E-state index contributed by atoms with van der Waals surface area (Å²) in [5, 5.41) is 10.7. The summed E-state index contributed by atoms with van der Waals surface area (Å²) in [6, 6.07) is 11.3. The van der Waals surface area contributed by atoms with Crippen molar-refractivity contribution in [2.75, 3.05) is 0 Å². The van der Waals surface area contributed by atoms with Gasteiger partial charge in [-0.3, -0.25) is 14.8 Å². The number of aromatic hydroxyl groups is 1. The van der Waals surface area contributed by atoms with Gasteiger partial charge in [0, 0.05) is 0 Å². The van der Waals surface area contributed by atoms with E-state index in [1.54, 1.807) is 25.1 Å². The first kappa shape index (κ1) is 19.3. The van der Waals surface area contributed by atoms with Crippen molar-refractivity contribution in [3.05, 3.63) is 91.4 Å². The van der Waals surface area contributed by atoms with Crippen LogP contribution in [0.4, 0.5) is 4.39 Å². The minimum absolute atomic E-state index is 0.101. The zero-order valence-electron chi connectivity index (χ0n) is 15.8. The van der Waals surface area contributed by atoms with Crippen LogP contribution in [0.1, 0.15) is 29.2 Å². The second kappa shape index (κ2) is 7.64. The van der Waals surface area contributed by atoms with Crippen LogP contribution in [-0.4, -0.2) is 20.4 Å². The summed E-state index contributed by atoms with van der Waals surface area (Å²) in [6.07, 6.45) is 0. The number of hydrogen-bond acceptors (Lipinski definition) is 4. The summed E-state index contributed by atoms with van der Waals surface area (Å²) in [6.45, 7) is 5.41. The molecule has 3 rings (SSSR count). The molecule has 0 spiro atoms. The quantitative estimate of drug-likeness (QED) is 0.681. The van der Waals surface area contributed by atoms with E-state index in [1.807, 2.05) is 26.0 Å². The van der Waals surface area contributed by atoms with Crippen molar-refractivity contribution in [1.82, 2.24) is 9.55 Å². The lowest BCUT2D eigenvalue weighted by molar-refractivity contribution is 0.429. The third kappa shape index (κ3) is 3.78. The number of halogens is 1. The van der Waals surface area contributed by atoms with Crippen molar-refractivity contribution >= 4 is 5.71 Å². The highest BCUT2D eigenvalue weighted by molar-refractivity contribution is 6.00. The van der Waals surface area contributed by atoms with Crippen molar-refractivity contribution in [1.29, 1.82) is 0 Å². The fraction of sp³-hybridized carbons (Fsp3) is 0.190. The van der Waals surface area contributed by atoms with Crippen LogP contribution >= 0.6 is 0 Å². The SMILES string of the molecule is CC(=NCc1cccc(F)c1)c1c(O)n(-c2ccc(C)cc2C)c(=O)[nH]c1=O. The Kier molecular flexibility index (Phi) is 5.26. The van der Waals surface area contributed by atoms with Gasteiger partial charge in [-0.25, -0.2) is 13.8 Å². The number of hydrogen-bond donors (Lipinski definition) is 2. The molecule has 0 aliphatic carbocycles. The van der Waals surface area contributed by atoms with Gasteiger partial charge in [0.1, 0.15) is 11.4 Å². The van der Waals surface area contributed by atoms with Gasteiger partial charge >= 0.3 is 5.69 Å². The molecule has 7 heteroatoms. The first-order valence-electron chi connectivity index (χ1n) is 8.69. The fourth-order valence-corrected chi connectivity index (χ4v) is 3.06. The van der Waals surface area contributed by atoms with Crippen molar-refractivity contribution in [3.8, 4) is 11.6 Å². The number of nitrogens with zero attached hydrogens (tertiary/aromatic N) is 2. The zero-order chi connectivity index (χ0) is 20.4. The Bertz CT molecular complexity index is 1190. The topological polar surface area (TPSA) is 87.4 Å². The Balaban J connectivity index is 2.10. The van der Waals surface area contributed by atoms with Crippen LogP contribution in [0.5, 0.6) is 5.88 Å². The number of nitrogens with one attached hydrogen (secondary N) is 1. The van der Waals surface area contributed by atoms with E-state index in [0.717, 1.165) is 15.7 Å². The Labute approximate surface area is 160 Å². The Morgan fingerprint density at radius 3 is 2.61 bits per heavy atom. The molecule has 0 bridgehead atoms. The molecule has 0 atom stereocenters. The van der Waals surface area contributed by atoms with Gasteiger partial charge < -0.3 is 5.11 Å². The van der Waals surface area contributed by atoms with Crippen LogP contribution in [-0.2, 0) is 6.54 Å². The maximum absolute atomic E-state index is 13.3. The van der Waals surface area contributed by atoms with E-state index < -0.39 is 17.1 Å². The second-order valence-electron chi connectivity index (χ2n) is 6.61. The van der Waals surface area contributed by atoms with Crippen LogP contribution in [0.3, 0.4) is 0 Å². The standard InChI is InChI=1S/C21H20FN3O3/c1-12-7-8-17(13(2)9-12)25-20(27)18(19(26)24-21(25)28)14(3)23-11-15-5-4-6-16(22)10-15/h4-10,27H,11H2,1-3H3,(H,24,26,28). The van der Waals surface area contributed by atoms with Crippen molar-refractivity contribution in [3.63, 3.8) is 0 Å². The Morgan fingerprint density at radius 1 is 1.18 bits per heavy atom. The van der Waals surface area contributed by atoms with E-state index in [-0.39, 0.29) is 23.6 Å². The minimum atomic E-state index is -0.740. The molecular weight excluding hydrogens is 361 g/mol. The van der Waals surface area contributed by atoms with E-state index in [1.165, 1.54) is 12.1 Å². The molecule has 0 saturated carbocycles. The van der Waals surface area contributed by atoms with Crippen LogP contribution in [0.2, 0.25) is 0 Å². The van der Waals surface area contributed by atoms with E-state index in [4.69, 9.17) is 0 Å². The lowest BCUT2D eigenvalue weighted by atomic mass is 10.1. The third-order valence-electron chi connectivity index (χ3n) is 4.43. The van der Waals surface area contributed by atoms with Gasteiger partial charge in [-0.05, 0) is 50.1 Å². The number of aromatic amines is 1. The van der Waals surface area contributed by atoms with Gasteiger partial charge in [0.05, 0.1) is 17.9 Å². The first-order chi connectivity index (χ1) is 13.3. The zero-order valence-corrected chi connectivity index (χ0v) is 15.8. The minimum Gasteiger partial charge on any atom is -0.493 e. The van der Waals surface area contributed by atoms with Gasteiger partial charge in [-0.1, -0.05) is 29.8 Å². The Hall–Kier alpha value is -3.48. The van der Waals surface area contributed by atoms with Crippen LogP contribution in [0.25, 0.3) is 5.69 Å². The predicted molar refractivity (Wildman–Crippen MR) is 106 cm³/mol. The molecule has 2 aromatic carbocycles. The molecule has 0 saturated heterocycles. The normalized spacial score (nSPS) is 11.6. The molecule has 3 aromatic rings. The van der Waals surface area contributed by atoms with Crippen LogP contribution < -0.4 is 11.2 Å². The molecule has 1 heterocycles. The van der Waals surface area contributed by atoms with Crippen LogP contribution in [0.15, 0.2) is 57.0 Å². The molecule has 1 aromatic heterocycles.